The van der Waals surface area contributed by atoms with E-state index in [2.05, 4.69) is 5.32 Å². The zero-order valence-corrected chi connectivity index (χ0v) is 8.86. The van der Waals surface area contributed by atoms with Crippen molar-refractivity contribution in [2.24, 2.45) is 0 Å². The van der Waals surface area contributed by atoms with Crippen molar-refractivity contribution in [2.75, 3.05) is 5.32 Å². The van der Waals surface area contributed by atoms with Crippen molar-refractivity contribution in [2.45, 2.75) is 6.92 Å². The number of rotatable bonds is 2. The SMILES string of the molecule is CC1=C(Nc2ccccc2)C(=O)C=CC1=O. The summed E-state index contributed by atoms with van der Waals surface area (Å²) >= 11 is 0. The number of anilines is 1. The number of carbonyl (C=O) groups is 2. The van der Waals surface area contributed by atoms with Gasteiger partial charge in [0.05, 0.1) is 5.70 Å². The second-order valence-corrected chi connectivity index (χ2v) is 3.55. The highest BCUT2D eigenvalue weighted by atomic mass is 16.1. The molecule has 2 rings (SSSR count). The lowest BCUT2D eigenvalue weighted by molar-refractivity contribution is -0.115. The van der Waals surface area contributed by atoms with E-state index < -0.39 is 0 Å². The van der Waals surface area contributed by atoms with Crippen LogP contribution in [0, 0.1) is 0 Å². The van der Waals surface area contributed by atoms with E-state index in [1.54, 1.807) is 6.92 Å². The second-order valence-electron chi connectivity index (χ2n) is 3.55. The highest BCUT2D eigenvalue weighted by Crippen LogP contribution is 2.17. The topological polar surface area (TPSA) is 46.2 Å². The lowest BCUT2D eigenvalue weighted by Crippen LogP contribution is -2.18. The summed E-state index contributed by atoms with van der Waals surface area (Å²) < 4.78 is 0. The van der Waals surface area contributed by atoms with Gasteiger partial charge in [0, 0.05) is 11.3 Å². The van der Waals surface area contributed by atoms with Crippen LogP contribution in [0.2, 0.25) is 0 Å². The van der Waals surface area contributed by atoms with Crippen molar-refractivity contribution in [3.8, 4) is 0 Å². The van der Waals surface area contributed by atoms with Crippen LogP contribution < -0.4 is 5.32 Å². The molecule has 0 heterocycles. The van der Waals surface area contributed by atoms with Crippen LogP contribution in [0.4, 0.5) is 5.69 Å². The van der Waals surface area contributed by atoms with Crippen molar-refractivity contribution >= 4 is 17.3 Å². The fraction of sp³-hybridized carbons (Fsp3) is 0.0769. The second kappa shape index (κ2) is 4.14. The first kappa shape index (κ1) is 10.4. The molecule has 80 valence electrons. The summed E-state index contributed by atoms with van der Waals surface area (Å²) in [6.45, 7) is 1.65. The van der Waals surface area contributed by atoms with E-state index in [1.807, 2.05) is 30.3 Å². The van der Waals surface area contributed by atoms with Crippen molar-refractivity contribution in [3.63, 3.8) is 0 Å². The first-order valence-electron chi connectivity index (χ1n) is 4.98. The Morgan fingerprint density at radius 3 is 2.25 bits per heavy atom. The standard InChI is InChI=1S/C13H11NO2/c1-9-11(15)7-8-12(16)13(9)14-10-5-3-2-4-6-10/h2-8,14H,1H3. The Morgan fingerprint density at radius 1 is 0.938 bits per heavy atom. The van der Waals surface area contributed by atoms with E-state index in [4.69, 9.17) is 0 Å². The highest BCUT2D eigenvalue weighted by molar-refractivity contribution is 6.20. The quantitative estimate of drug-likeness (QED) is 0.765. The molecule has 0 saturated carbocycles. The van der Waals surface area contributed by atoms with Crippen molar-refractivity contribution in [1.29, 1.82) is 0 Å². The molecular weight excluding hydrogens is 202 g/mol. The summed E-state index contributed by atoms with van der Waals surface area (Å²) in [5, 5.41) is 2.97. The van der Waals surface area contributed by atoms with E-state index in [1.165, 1.54) is 12.2 Å². The predicted octanol–water partition coefficient (Wildman–Crippen LogP) is 2.08. The lowest BCUT2D eigenvalue weighted by Gasteiger charge is -2.13. The van der Waals surface area contributed by atoms with Gasteiger partial charge < -0.3 is 5.32 Å². The molecule has 16 heavy (non-hydrogen) atoms. The van der Waals surface area contributed by atoms with Crippen LogP contribution in [0.25, 0.3) is 0 Å². The van der Waals surface area contributed by atoms with Crippen molar-refractivity contribution in [3.05, 3.63) is 53.8 Å². The smallest absolute Gasteiger partial charge is 0.202 e. The van der Waals surface area contributed by atoms with Gasteiger partial charge in [-0.25, -0.2) is 0 Å². The van der Waals surface area contributed by atoms with E-state index in [0.29, 0.717) is 11.3 Å². The predicted molar refractivity (Wildman–Crippen MR) is 61.9 cm³/mol. The molecule has 0 unspecified atom stereocenters. The van der Waals surface area contributed by atoms with Crippen LogP contribution in [-0.2, 0) is 9.59 Å². The monoisotopic (exact) mass is 213 g/mol. The number of allylic oxidation sites excluding steroid dienone is 3. The number of para-hydroxylation sites is 1. The largest absolute Gasteiger partial charge is 0.352 e. The summed E-state index contributed by atoms with van der Waals surface area (Å²) in [7, 11) is 0. The van der Waals surface area contributed by atoms with Gasteiger partial charge in [0.2, 0.25) is 5.78 Å². The number of nitrogens with one attached hydrogen (secondary N) is 1. The molecule has 0 aliphatic heterocycles. The van der Waals surface area contributed by atoms with Crippen molar-refractivity contribution in [1.82, 2.24) is 0 Å². The van der Waals surface area contributed by atoms with Gasteiger partial charge in [0.25, 0.3) is 0 Å². The first-order chi connectivity index (χ1) is 7.68. The van der Waals surface area contributed by atoms with Crippen LogP contribution in [0.15, 0.2) is 53.8 Å². The van der Waals surface area contributed by atoms with Gasteiger partial charge in [-0.1, -0.05) is 18.2 Å². The molecule has 0 atom stereocenters. The fourth-order valence-corrected chi connectivity index (χ4v) is 1.49. The highest BCUT2D eigenvalue weighted by Gasteiger charge is 2.18. The molecule has 0 saturated heterocycles. The Kier molecular flexibility index (Phi) is 2.68. The maximum absolute atomic E-state index is 11.6. The molecule has 1 aliphatic rings. The molecule has 1 N–H and O–H groups in total. The molecule has 0 fully saturated rings. The molecule has 0 aromatic heterocycles. The average molecular weight is 213 g/mol. The minimum Gasteiger partial charge on any atom is -0.352 e. The molecule has 0 amide bonds. The summed E-state index contributed by atoms with van der Waals surface area (Å²) in [6, 6.07) is 9.30. The molecule has 3 heteroatoms. The third-order valence-corrected chi connectivity index (χ3v) is 2.42. The molecule has 0 spiro atoms. The summed E-state index contributed by atoms with van der Waals surface area (Å²) in [4.78, 5) is 23.0. The van der Waals surface area contributed by atoms with Gasteiger partial charge in [0.1, 0.15) is 0 Å². The van der Waals surface area contributed by atoms with Gasteiger partial charge in [0.15, 0.2) is 5.78 Å². The summed E-state index contributed by atoms with van der Waals surface area (Å²) in [6.07, 6.45) is 2.59. The van der Waals surface area contributed by atoms with Gasteiger partial charge >= 0.3 is 0 Å². The normalized spacial score (nSPS) is 15.6. The minimum atomic E-state index is -0.166. The fourth-order valence-electron chi connectivity index (χ4n) is 1.49. The van der Waals surface area contributed by atoms with Gasteiger partial charge in [-0.15, -0.1) is 0 Å². The Bertz CT molecular complexity index is 498. The lowest BCUT2D eigenvalue weighted by atomic mass is 10.0. The van der Waals surface area contributed by atoms with E-state index in [0.717, 1.165) is 5.69 Å². The van der Waals surface area contributed by atoms with Crippen LogP contribution >= 0.6 is 0 Å². The minimum absolute atomic E-state index is 0.127. The zero-order valence-electron chi connectivity index (χ0n) is 8.86. The number of hydrogen-bond donors (Lipinski definition) is 1. The molecular formula is C13H11NO2. The molecule has 0 radical (unpaired) electrons. The Labute approximate surface area is 93.5 Å². The van der Waals surface area contributed by atoms with Gasteiger partial charge in [-0.05, 0) is 31.2 Å². The Morgan fingerprint density at radius 2 is 1.56 bits per heavy atom. The number of ketones is 2. The first-order valence-corrected chi connectivity index (χ1v) is 4.98. The molecule has 0 bridgehead atoms. The summed E-state index contributed by atoms with van der Waals surface area (Å²) in [5.41, 5.74) is 1.61. The van der Waals surface area contributed by atoms with E-state index in [9.17, 15) is 9.59 Å². The van der Waals surface area contributed by atoms with Gasteiger partial charge in [-0.2, -0.15) is 0 Å². The van der Waals surface area contributed by atoms with Crippen LogP contribution in [0.3, 0.4) is 0 Å². The van der Waals surface area contributed by atoms with E-state index in [-0.39, 0.29) is 11.6 Å². The van der Waals surface area contributed by atoms with Crippen LogP contribution in [0.1, 0.15) is 6.92 Å². The van der Waals surface area contributed by atoms with E-state index >= 15 is 0 Å². The molecule has 1 aromatic rings. The van der Waals surface area contributed by atoms with Crippen LogP contribution in [0.5, 0.6) is 0 Å². The third kappa shape index (κ3) is 1.93. The van der Waals surface area contributed by atoms with Gasteiger partial charge in [-0.3, -0.25) is 9.59 Å². The maximum atomic E-state index is 11.6. The third-order valence-electron chi connectivity index (χ3n) is 2.42. The number of carbonyl (C=O) groups excluding carboxylic acids is 2. The average Bonchev–Trinajstić information content (AvgIpc) is 2.31. The maximum Gasteiger partial charge on any atom is 0.202 e. The Balaban J connectivity index is 2.31. The number of benzene rings is 1. The van der Waals surface area contributed by atoms with Crippen LogP contribution in [-0.4, -0.2) is 11.6 Å². The van der Waals surface area contributed by atoms with Crippen molar-refractivity contribution < 1.29 is 9.59 Å². The molecule has 3 nitrogen and oxygen atoms in total. The summed E-state index contributed by atoms with van der Waals surface area (Å²) in [5.74, 6) is -0.293. The molecule has 1 aromatic carbocycles. The number of hydrogen-bond acceptors (Lipinski definition) is 3. The molecule has 1 aliphatic carbocycles. The zero-order chi connectivity index (χ0) is 11.5. The Hall–Kier alpha value is -2.16.